The molecule has 0 saturated carbocycles. The van der Waals surface area contributed by atoms with Crippen molar-refractivity contribution in [3.63, 3.8) is 0 Å². The summed E-state index contributed by atoms with van der Waals surface area (Å²) < 4.78 is 0. The Balaban J connectivity index is 2.68. The van der Waals surface area contributed by atoms with Crippen LogP contribution < -0.4 is 10.6 Å². The number of carbonyl (C=O) groups excluding carboxylic acids is 2. The Morgan fingerprint density at radius 3 is 2.75 bits per heavy atom. The summed E-state index contributed by atoms with van der Waals surface area (Å²) in [4.78, 5) is 23.1. The van der Waals surface area contributed by atoms with E-state index in [0.29, 0.717) is 17.5 Å². The highest BCUT2D eigenvalue weighted by Gasteiger charge is 2.09. The van der Waals surface area contributed by atoms with E-state index in [1.165, 1.54) is 0 Å². The first-order valence-electron chi connectivity index (χ1n) is 6.36. The maximum atomic E-state index is 12.0. The van der Waals surface area contributed by atoms with Crippen molar-refractivity contribution < 1.29 is 14.7 Å². The molecule has 0 bridgehead atoms. The van der Waals surface area contributed by atoms with Gasteiger partial charge in [0.05, 0.1) is 12.2 Å². The van der Waals surface area contributed by atoms with E-state index in [1.807, 2.05) is 0 Å². The number of benzene rings is 1. The molecule has 0 radical (unpaired) electrons. The number of amides is 2. The van der Waals surface area contributed by atoms with E-state index in [-0.39, 0.29) is 31.4 Å². The van der Waals surface area contributed by atoms with Gasteiger partial charge in [0.2, 0.25) is 5.91 Å². The zero-order valence-electron chi connectivity index (χ0n) is 11.4. The van der Waals surface area contributed by atoms with Crippen LogP contribution in [0.4, 0.5) is 0 Å². The summed E-state index contributed by atoms with van der Waals surface area (Å²) in [6.07, 6.45) is 0.604. The Hall–Kier alpha value is -2.32. The lowest BCUT2D eigenvalue weighted by Crippen LogP contribution is -2.29. The third kappa shape index (κ3) is 5.12. The predicted molar refractivity (Wildman–Crippen MR) is 76.0 cm³/mol. The van der Waals surface area contributed by atoms with Crippen LogP contribution in [0, 0.1) is 11.8 Å². The molecule has 0 aliphatic carbocycles. The van der Waals surface area contributed by atoms with Crippen molar-refractivity contribution in [2.24, 2.45) is 0 Å². The molecule has 0 fully saturated rings. The quantitative estimate of drug-likeness (QED) is 0.675. The van der Waals surface area contributed by atoms with Gasteiger partial charge in [-0.3, -0.25) is 9.59 Å². The minimum atomic E-state index is -0.261. The SMILES string of the molecule is CNC(=O)CCNC(=O)c1ccccc1C#CCCO. The first kappa shape index (κ1) is 15.7. The summed E-state index contributed by atoms with van der Waals surface area (Å²) in [5.41, 5.74) is 1.08. The van der Waals surface area contributed by atoms with Gasteiger partial charge in [0.1, 0.15) is 0 Å². The number of rotatable bonds is 5. The lowest BCUT2D eigenvalue weighted by atomic mass is 10.1. The third-order valence-corrected chi connectivity index (χ3v) is 2.55. The van der Waals surface area contributed by atoms with Crippen LogP contribution >= 0.6 is 0 Å². The van der Waals surface area contributed by atoms with Gasteiger partial charge in [-0.25, -0.2) is 0 Å². The molecular formula is C15H18N2O3. The number of hydrogen-bond acceptors (Lipinski definition) is 3. The molecule has 1 rings (SSSR count). The topological polar surface area (TPSA) is 78.4 Å². The van der Waals surface area contributed by atoms with Crippen molar-refractivity contribution >= 4 is 11.8 Å². The average Bonchev–Trinajstić information content (AvgIpc) is 2.47. The zero-order chi connectivity index (χ0) is 14.8. The average molecular weight is 274 g/mol. The molecule has 0 unspecified atom stereocenters. The Kier molecular flexibility index (Phi) is 6.87. The fourth-order valence-electron chi connectivity index (χ4n) is 1.51. The maximum absolute atomic E-state index is 12.0. The largest absolute Gasteiger partial charge is 0.395 e. The van der Waals surface area contributed by atoms with E-state index in [4.69, 9.17) is 5.11 Å². The van der Waals surface area contributed by atoms with Gasteiger partial charge in [0.15, 0.2) is 0 Å². The highest BCUT2D eigenvalue weighted by Crippen LogP contribution is 2.07. The van der Waals surface area contributed by atoms with E-state index in [1.54, 1.807) is 31.3 Å². The minimum absolute atomic E-state index is 0.00646. The molecule has 106 valence electrons. The fraction of sp³-hybridized carbons (Fsp3) is 0.333. The highest BCUT2D eigenvalue weighted by molar-refractivity contribution is 5.96. The molecule has 2 amide bonds. The molecule has 0 heterocycles. The third-order valence-electron chi connectivity index (χ3n) is 2.55. The van der Waals surface area contributed by atoms with Crippen molar-refractivity contribution in [3.8, 4) is 11.8 Å². The lowest BCUT2D eigenvalue weighted by molar-refractivity contribution is -0.120. The van der Waals surface area contributed by atoms with Crippen LogP contribution in [-0.2, 0) is 4.79 Å². The molecule has 0 saturated heterocycles. The van der Waals surface area contributed by atoms with Crippen LogP contribution in [0.5, 0.6) is 0 Å². The van der Waals surface area contributed by atoms with Crippen molar-refractivity contribution in [1.29, 1.82) is 0 Å². The number of aliphatic hydroxyl groups excluding tert-OH is 1. The predicted octanol–water partition coefficient (Wildman–Crippen LogP) is 0.286. The summed E-state index contributed by atoms with van der Waals surface area (Å²) >= 11 is 0. The zero-order valence-corrected chi connectivity index (χ0v) is 11.4. The fourth-order valence-corrected chi connectivity index (χ4v) is 1.51. The normalized spacial score (nSPS) is 9.30. The van der Waals surface area contributed by atoms with Gasteiger partial charge in [-0.2, -0.15) is 0 Å². The summed E-state index contributed by atoms with van der Waals surface area (Å²) in [7, 11) is 1.55. The van der Waals surface area contributed by atoms with Crippen LogP contribution in [0.1, 0.15) is 28.8 Å². The number of carbonyl (C=O) groups is 2. The molecule has 0 aromatic heterocycles. The molecule has 5 nitrogen and oxygen atoms in total. The van der Waals surface area contributed by atoms with Crippen molar-refractivity contribution in [1.82, 2.24) is 10.6 Å². The molecule has 0 aliphatic rings. The second kappa shape index (κ2) is 8.73. The van der Waals surface area contributed by atoms with Gasteiger partial charge < -0.3 is 15.7 Å². The Morgan fingerprint density at radius 2 is 2.05 bits per heavy atom. The minimum Gasteiger partial charge on any atom is -0.395 e. The molecule has 3 N–H and O–H groups in total. The standard InChI is InChI=1S/C15H18N2O3/c1-16-14(19)9-10-17-15(20)13-8-3-2-6-12(13)7-4-5-11-18/h2-3,6,8,18H,5,9-11H2,1H3,(H,16,19)(H,17,20). The van der Waals surface area contributed by atoms with E-state index in [0.717, 1.165) is 0 Å². The van der Waals surface area contributed by atoms with E-state index in [9.17, 15) is 9.59 Å². The van der Waals surface area contributed by atoms with Gasteiger partial charge in [0, 0.05) is 32.0 Å². The number of hydrogen-bond donors (Lipinski definition) is 3. The number of aliphatic hydroxyl groups is 1. The van der Waals surface area contributed by atoms with Crippen molar-refractivity contribution in [2.75, 3.05) is 20.2 Å². The van der Waals surface area contributed by atoms with E-state index >= 15 is 0 Å². The second-order valence-electron chi connectivity index (χ2n) is 4.00. The molecule has 1 aromatic carbocycles. The smallest absolute Gasteiger partial charge is 0.252 e. The molecular weight excluding hydrogens is 256 g/mol. The Labute approximate surface area is 118 Å². The van der Waals surface area contributed by atoms with E-state index < -0.39 is 0 Å². The summed E-state index contributed by atoms with van der Waals surface area (Å²) in [6.45, 7) is 0.268. The monoisotopic (exact) mass is 274 g/mol. The van der Waals surface area contributed by atoms with Crippen molar-refractivity contribution in [3.05, 3.63) is 35.4 Å². The van der Waals surface area contributed by atoms with Crippen LogP contribution in [0.15, 0.2) is 24.3 Å². The van der Waals surface area contributed by atoms with Gasteiger partial charge in [-0.1, -0.05) is 24.0 Å². The molecule has 0 atom stereocenters. The maximum Gasteiger partial charge on any atom is 0.252 e. The highest BCUT2D eigenvalue weighted by atomic mass is 16.2. The van der Waals surface area contributed by atoms with Crippen LogP contribution in [0.2, 0.25) is 0 Å². The number of nitrogens with one attached hydrogen (secondary N) is 2. The molecule has 0 aliphatic heterocycles. The van der Waals surface area contributed by atoms with Crippen LogP contribution in [0.3, 0.4) is 0 Å². The van der Waals surface area contributed by atoms with Crippen molar-refractivity contribution in [2.45, 2.75) is 12.8 Å². The summed E-state index contributed by atoms with van der Waals surface area (Å²) in [5, 5.41) is 13.9. The van der Waals surface area contributed by atoms with Crippen LogP contribution in [0.25, 0.3) is 0 Å². The molecule has 5 heteroatoms. The summed E-state index contributed by atoms with van der Waals surface area (Å²) in [5.74, 6) is 5.26. The summed E-state index contributed by atoms with van der Waals surface area (Å²) in [6, 6.07) is 6.98. The van der Waals surface area contributed by atoms with Gasteiger partial charge >= 0.3 is 0 Å². The Morgan fingerprint density at radius 1 is 1.30 bits per heavy atom. The lowest BCUT2D eigenvalue weighted by Gasteiger charge is -2.06. The molecule has 1 aromatic rings. The Bertz CT molecular complexity index is 529. The molecule has 0 spiro atoms. The first-order valence-corrected chi connectivity index (χ1v) is 6.36. The second-order valence-corrected chi connectivity index (χ2v) is 4.00. The molecule has 20 heavy (non-hydrogen) atoms. The first-order chi connectivity index (χ1) is 9.69. The van der Waals surface area contributed by atoms with Gasteiger partial charge in [-0.15, -0.1) is 0 Å². The van der Waals surface area contributed by atoms with Gasteiger partial charge in [0.25, 0.3) is 5.91 Å². The van der Waals surface area contributed by atoms with E-state index in [2.05, 4.69) is 22.5 Å². The van der Waals surface area contributed by atoms with Gasteiger partial charge in [-0.05, 0) is 12.1 Å². The van der Waals surface area contributed by atoms with Crippen LogP contribution in [-0.4, -0.2) is 37.1 Å².